The van der Waals surface area contributed by atoms with E-state index in [0.29, 0.717) is 6.54 Å². The van der Waals surface area contributed by atoms with E-state index in [-0.39, 0.29) is 23.9 Å². The zero-order chi connectivity index (χ0) is 17.6. The number of hydrogen-bond acceptors (Lipinski definition) is 3. The van der Waals surface area contributed by atoms with Crippen molar-refractivity contribution in [3.8, 4) is 0 Å². The van der Waals surface area contributed by atoms with Crippen molar-refractivity contribution in [1.82, 2.24) is 10.2 Å². The Morgan fingerprint density at radius 2 is 1.92 bits per heavy atom. The van der Waals surface area contributed by atoms with Crippen LogP contribution in [0.3, 0.4) is 0 Å². The van der Waals surface area contributed by atoms with Crippen molar-refractivity contribution in [3.05, 3.63) is 35.9 Å². The summed E-state index contributed by atoms with van der Waals surface area (Å²) in [6, 6.07) is 11.1. The topological polar surface area (TPSA) is 58.4 Å². The minimum Gasteiger partial charge on any atom is -0.354 e. The molecule has 4 nitrogen and oxygen atoms in total. The van der Waals surface area contributed by atoms with Gasteiger partial charge >= 0.3 is 0 Å². The summed E-state index contributed by atoms with van der Waals surface area (Å²) in [4.78, 5) is 15.2. The Hall–Kier alpha value is -1.39. The van der Waals surface area contributed by atoms with Crippen molar-refractivity contribution < 1.29 is 4.79 Å². The van der Waals surface area contributed by atoms with E-state index in [2.05, 4.69) is 47.5 Å². The fourth-order valence-corrected chi connectivity index (χ4v) is 4.28. The van der Waals surface area contributed by atoms with Crippen molar-refractivity contribution >= 4 is 5.91 Å². The molecule has 3 unspecified atom stereocenters. The highest BCUT2D eigenvalue weighted by Gasteiger charge is 2.28. The summed E-state index contributed by atoms with van der Waals surface area (Å²) >= 11 is 0. The average Bonchev–Trinajstić information content (AvgIpc) is 2.64. The van der Waals surface area contributed by atoms with Gasteiger partial charge in [0.15, 0.2) is 0 Å². The fraction of sp³-hybridized carbons (Fsp3) is 0.667. The van der Waals surface area contributed by atoms with E-state index in [1.165, 1.54) is 18.4 Å². The lowest BCUT2D eigenvalue weighted by Crippen LogP contribution is -2.44. The molecule has 3 N–H and O–H groups in total. The molecule has 3 rings (SSSR count). The van der Waals surface area contributed by atoms with E-state index >= 15 is 0 Å². The second kappa shape index (κ2) is 8.81. The monoisotopic (exact) mass is 343 g/mol. The SMILES string of the molecule is CC1CCN(C(CNC(=O)C2CCCC(N)C2)c2ccccc2)CC1. The maximum atomic E-state index is 12.6. The van der Waals surface area contributed by atoms with Gasteiger partial charge in [0.05, 0.1) is 6.04 Å². The van der Waals surface area contributed by atoms with Gasteiger partial charge in [0.1, 0.15) is 0 Å². The van der Waals surface area contributed by atoms with Gasteiger partial charge in [-0.25, -0.2) is 0 Å². The average molecular weight is 344 g/mol. The van der Waals surface area contributed by atoms with Crippen LogP contribution in [0.25, 0.3) is 0 Å². The lowest BCUT2D eigenvalue weighted by Gasteiger charge is -2.37. The molecule has 3 atom stereocenters. The first-order valence-corrected chi connectivity index (χ1v) is 9.95. The molecule has 0 spiro atoms. The number of nitrogens with one attached hydrogen (secondary N) is 1. The van der Waals surface area contributed by atoms with Crippen molar-refractivity contribution in [3.63, 3.8) is 0 Å². The Morgan fingerprint density at radius 3 is 2.60 bits per heavy atom. The Kier molecular flexibility index (Phi) is 6.49. The highest BCUT2D eigenvalue weighted by atomic mass is 16.1. The van der Waals surface area contributed by atoms with Crippen molar-refractivity contribution in [2.24, 2.45) is 17.6 Å². The van der Waals surface area contributed by atoms with Crippen LogP contribution < -0.4 is 11.1 Å². The summed E-state index contributed by atoms with van der Waals surface area (Å²) in [5.74, 6) is 1.11. The lowest BCUT2D eigenvalue weighted by atomic mass is 9.85. The Balaban J connectivity index is 1.62. The van der Waals surface area contributed by atoms with Gasteiger partial charge in [-0.2, -0.15) is 0 Å². The molecule has 1 heterocycles. The van der Waals surface area contributed by atoms with Crippen LogP contribution in [0.5, 0.6) is 0 Å². The number of nitrogens with two attached hydrogens (primary N) is 1. The molecule has 1 saturated heterocycles. The highest BCUT2D eigenvalue weighted by Crippen LogP contribution is 2.27. The summed E-state index contributed by atoms with van der Waals surface area (Å²) < 4.78 is 0. The highest BCUT2D eigenvalue weighted by molar-refractivity contribution is 5.78. The predicted octanol–water partition coefficient (Wildman–Crippen LogP) is 3.09. The fourth-order valence-electron chi connectivity index (χ4n) is 4.28. The van der Waals surface area contributed by atoms with Gasteiger partial charge in [-0.1, -0.05) is 43.7 Å². The van der Waals surface area contributed by atoms with Gasteiger partial charge in [0.2, 0.25) is 5.91 Å². The molecule has 1 amide bonds. The van der Waals surface area contributed by atoms with E-state index in [0.717, 1.165) is 44.7 Å². The van der Waals surface area contributed by atoms with Crippen LogP contribution >= 0.6 is 0 Å². The number of likely N-dealkylation sites (tertiary alicyclic amines) is 1. The van der Waals surface area contributed by atoms with E-state index in [1.54, 1.807) is 0 Å². The molecule has 1 aliphatic carbocycles. The Bertz CT molecular complexity index is 539. The number of piperidine rings is 1. The molecular formula is C21H33N3O. The maximum absolute atomic E-state index is 12.6. The van der Waals surface area contributed by atoms with Crippen LogP contribution in [0.2, 0.25) is 0 Å². The van der Waals surface area contributed by atoms with Crippen LogP contribution in [-0.2, 0) is 4.79 Å². The molecule has 1 aliphatic heterocycles. The maximum Gasteiger partial charge on any atom is 0.223 e. The number of hydrogen-bond donors (Lipinski definition) is 2. The minimum atomic E-state index is 0.0987. The van der Waals surface area contributed by atoms with Gasteiger partial charge in [-0.05, 0) is 56.7 Å². The first kappa shape index (κ1) is 18.4. The Labute approximate surface area is 152 Å². The molecule has 2 fully saturated rings. The number of benzene rings is 1. The number of nitrogens with zero attached hydrogens (tertiary/aromatic N) is 1. The second-order valence-corrected chi connectivity index (χ2v) is 8.01. The quantitative estimate of drug-likeness (QED) is 0.864. The molecule has 25 heavy (non-hydrogen) atoms. The molecule has 1 aromatic rings. The lowest BCUT2D eigenvalue weighted by molar-refractivity contribution is -0.126. The van der Waals surface area contributed by atoms with E-state index in [9.17, 15) is 4.79 Å². The summed E-state index contributed by atoms with van der Waals surface area (Å²) in [6.07, 6.45) is 6.44. The van der Waals surface area contributed by atoms with Crippen molar-refractivity contribution in [2.75, 3.05) is 19.6 Å². The summed E-state index contributed by atoms with van der Waals surface area (Å²) in [6.45, 7) is 5.27. The third-order valence-corrected chi connectivity index (χ3v) is 6.00. The zero-order valence-corrected chi connectivity index (χ0v) is 15.5. The van der Waals surface area contributed by atoms with E-state index < -0.39 is 0 Å². The molecule has 2 aliphatic rings. The van der Waals surface area contributed by atoms with Gasteiger partial charge in [0.25, 0.3) is 0 Å². The number of rotatable bonds is 5. The van der Waals surface area contributed by atoms with Crippen LogP contribution in [0.4, 0.5) is 0 Å². The third-order valence-electron chi connectivity index (χ3n) is 6.00. The molecular weight excluding hydrogens is 310 g/mol. The van der Waals surface area contributed by atoms with Gasteiger partial charge in [0, 0.05) is 18.5 Å². The molecule has 1 aromatic carbocycles. The van der Waals surface area contributed by atoms with Crippen molar-refractivity contribution in [2.45, 2.75) is 57.5 Å². The van der Waals surface area contributed by atoms with Crippen LogP contribution in [-0.4, -0.2) is 36.5 Å². The summed E-state index contributed by atoms with van der Waals surface area (Å²) in [5.41, 5.74) is 7.36. The first-order chi connectivity index (χ1) is 12.1. The molecule has 0 aromatic heterocycles. The molecule has 138 valence electrons. The molecule has 4 heteroatoms. The van der Waals surface area contributed by atoms with Crippen LogP contribution in [0.15, 0.2) is 30.3 Å². The third kappa shape index (κ3) is 5.05. The zero-order valence-electron chi connectivity index (χ0n) is 15.5. The van der Waals surface area contributed by atoms with Crippen LogP contribution in [0.1, 0.15) is 57.1 Å². The van der Waals surface area contributed by atoms with E-state index in [1.807, 2.05) is 0 Å². The second-order valence-electron chi connectivity index (χ2n) is 8.01. The van der Waals surface area contributed by atoms with Crippen molar-refractivity contribution in [1.29, 1.82) is 0 Å². The number of amides is 1. The predicted molar refractivity (Wildman–Crippen MR) is 102 cm³/mol. The molecule has 0 radical (unpaired) electrons. The number of carbonyl (C=O) groups excluding carboxylic acids is 1. The first-order valence-electron chi connectivity index (χ1n) is 9.95. The van der Waals surface area contributed by atoms with Gasteiger partial charge < -0.3 is 11.1 Å². The van der Waals surface area contributed by atoms with Gasteiger partial charge in [-0.3, -0.25) is 9.69 Å². The van der Waals surface area contributed by atoms with E-state index in [4.69, 9.17) is 5.73 Å². The van der Waals surface area contributed by atoms with Crippen LogP contribution in [0, 0.1) is 11.8 Å². The summed E-state index contributed by atoms with van der Waals surface area (Å²) in [5, 5.41) is 3.24. The smallest absolute Gasteiger partial charge is 0.223 e. The Morgan fingerprint density at radius 1 is 1.20 bits per heavy atom. The standard InChI is InChI=1S/C21H33N3O/c1-16-10-12-24(13-11-16)20(17-6-3-2-4-7-17)15-23-21(25)18-8-5-9-19(22)14-18/h2-4,6-7,16,18-20H,5,8-15,22H2,1H3,(H,23,25). The minimum absolute atomic E-state index is 0.0987. The number of carbonyl (C=O) groups is 1. The largest absolute Gasteiger partial charge is 0.354 e. The van der Waals surface area contributed by atoms with Gasteiger partial charge in [-0.15, -0.1) is 0 Å². The summed E-state index contributed by atoms with van der Waals surface area (Å²) in [7, 11) is 0. The molecule has 1 saturated carbocycles. The normalized spacial score (nSPS) is 27.0. The molecule has 0 bridgehead atoms.